The average Bonchev–Trinajstić information content (AvgIpc) is 2.52. The van der Waals surface area contributed by atoms with E-state index in [1.807, 2.05) is 20.8 Å². The fraction of sp³-hybridized carbons (Fsp3) is 0.417. The SMILES string of the molecule is CC(C)(C)N1Cc2c(O)c(O)cc(Cl)c2C1=O. The third-order valence-corrected chi connectivity index (χ3v) is 3.22. The summed E-state index contributed by atoms with van der Waals surface area (Å²) in [5, 5.41) is 19.4. The molecule has 0 radical (unpaired) electrons. The number of carbonyl (C=O) groups is 1. The highest BCUT2D eigenvalue weighted by Crippen LogP contribution is 2.42. The first-order chi connectivity index (χ1) is 7.73. The predicted octanol–water partition coefficient (Wildman–Crippen LogP) is 2.51. The minimum Gasteiger partial charge on any atom is -0.504 e. The molecule has 0 atom stereocenters. The van der Waals surface area contributed by atoms with Gasteiger partial charge in [-0.05, 0) is 20.8 Å². The van der Waals surface area contributed by atoms with Crippen LogP contribution >= 0.6 is 11.6 Å². The van der Waals surface area contributed by atoms with E-state index in [-0.39, 0.29) is 40.1 Å². The van der Waals surface area contributed by atoms with Gasteiger partial charge >= 0.3 is 0 Å². The molecule has 0 saturated heterocycles. The first-order valence-electron chi connectivity index (χ1n) is 5.28. The van der Waals surface area contributed by atoms with Crippen LogP contribution in [0.4, 0.5) is 0 Å². The Morgan fingerprint density at radius 2 is 1.94 bits per heavy atom. The van der Waals surface area contributed by atoms with E-state index in [4.69, 9.17) is 11.6 Å². The number of aromatic hydroxyl groups is 2. The Kier molecular flexibility index (Phi) is 2.51. The van der Waals surface area contributed by atoms with Crippen LogP contribution in [0.5, 0.6) is 11.5 Å². The van der Waals surface area contributed by atoms with Gasteiger partial charge in [0, 0.05) is 17.2 Å². The third kappa shape index (κ3) is 1.72. The van der Waals surface area contributed by atoms with E-state index in [2.05, 4.69) is 0 Å². The van der Waals surface area contributed by atoms with E-state index in [0.717, 1.165) is 0 Å². The van der Waals surface area contributed by atoms with E-state index in [9.17, 15) is 15.0 Å². The number of hydrogen-bond donors (Lipinski definition) is 2. The molecule has 1 heterocycles. The Hall–Kier alpha value is -1.42. The Morgan fingerprint density at radius 1 is 1.35 bits per heavy atom. The summed E-state index contributed by atoms with van der Waals surface area (Å²) in [7, 11) is 0. The van der Waals surface area contributed by atoms with Crippen LogP contribution in [0.1, 0.15) is 36.7 Å². The van der Waals surface area contributed by atoms with Gasteiger partial charge in [-0.1, -0.05) is 11.6 Å². The topological polar surface area (TPSA) is 60.8 Å². The quantitative estimate of drug-likeness (QED) is 0.701. The van der Waals surface area contributed by atoms with Crippen LogP contribution in [0.15, 0.2) is 6.07 Å². The molecule has 0 aromatic heterocycles. The molecule has 0 spiro atoms. The Balaban J connectivity index is 2.60. The number of amides is 1. The van der Waals surface area contributed by atoms with Crippen LogP contribution in [-0.4, -0.2) is 26.6 Å². The summed E-state index contributed by atoms with van der Waals surface area (Å²) in [5.41, 5.74) is 0.327. The van der Waals surface area contributed by atoms with E-state index in [0.29, 0.717) is 5.56 Å². The minimum atomic E-state index is -0.360. The van der Waals surface area contributed by atoms with Gasteiger partial charge in [0.25, 0.3) is 5.91 Å². The van der Waals surface area contributed by atoms with E-state index >= 15 is 0 Å². The number of rotatable bonds is 0. The molecule has 5 heteroatoms. The van der Waals surface area contributed by atoms with Crippen LogP contribution in [0.3, 0.4) is 0 Å². The lowest BCUT2D eigenvalue weighted by Gasteiger charge is -2.31. The number of hydrogen-bond acceptors (Lipinski definition) is 3. The van der Waals surface area contributed by atoms with E-state index < -0.39 is 0 Å². The van der Waals surface area contributed by atoms with Crippen molar-refractivity contribution in [3.05, 3.63) is 22.2 Å². The lowest BCUT2D eigenvalue weighted by Crippen LogP contribution is -2.41. The van der Waals surface area contributed by atoms with Gasteiger partial charge in [-0.3, -0.25) is 4.79 Å². The fourth-order valence-corrected chi connectivity index (χ4v) is 2.27. The highest BCUT2D eigenvalue weighted by molar-refractivity contribution is 6.34. The second kappa shape index (κ2) is 3.53. The van der Waals surface area contributed by atoms with Crippen molar-refractivity contribution >= 4 is 17.5 Å². The summed E-state index contributed by atoms with van der Waals surface area (Å²) >= 11 is 5.94. The van der Waals surface area contributed by atoms with Crippen molar-refractivity contribution in [1.82, 2.24) is 4.90 Å². The molecule has 17 heavy (non-hydrogen) atoms. The Labute approximate surface area is 104 Å². The van der Waals surface area contributed by atoms with Crippen molar-refractivity contribution in [3.63, 3.8) is 0 Å². The van der Waals surface area contributed by atoms with Gasteiger partial charge in [-0.25, -0.2) is 0 Å². The number of nitrogens with zero attached hydrogens (tertiary/aromatic N) is 1. The smallest absolute Gasteiger partial charge is 0.256 e. The summed E-state index contributed by atoms with van der Waals surface area (Å²) in [6, 6.07) is 1.19. The summed E-state index contributed by atoms with van der Waals surface area (Å²) in [4.78, 5) is 13.8. The van der Waals surface area contributed by atoms with Crippen LogP contribution in [-0.2, 0) is 6.54 Å². The number of benzene rings is 1. The molecule has 2 N–H and O–H groups in total. The van der Waals surface area contributed by atoms with Crippen LogP contribution in [0.2, 0.25) is 5.02 Å². The molecule has 1 aliphatic rings. The first-order valence-corrected chi connectivity index (χ1v) is 5.66. The molecule has 1 aromatic rings. The monoisotopic (exact) mass is 255 g/mol. The second-order valence-electron chi connectivity index (χ2n) is 5.14. The number of carbonyl (C=O) groups excluding carboxylic acids is 1. The molecule has 0 aliphatic carbocycles. The summed E-state index contributed by atoms with van der Waals surface area (Å²) in [6.45, 7) is 5.97. The van der Waals surface area contributed by atoms with Crippen LogP contribution in [0, 0.1) is 0 Å². The molecule has 0 bridgehead atoms. The zero-order valence-electron chi connectivity index (χ0n) is 9.91. The van der Waals surface area contributed by atoms with Gasteiger partial charge in [0.2, 0.25) is 0 Å². The van der Waals surface area contributed by atoms with Gasteiger partial charge in [-0.15, -0.1) is 0 Å². The van der Waals surface area contributed by atoms with Gasteiger partial charge in [0.15, 0.2) is 11.5 Å². The van der Waals surface area contributed by atoms with Crippen LogP contribution < -0.4 is 0 Å². The number of fused-ring (bicyclic) bond motifs is 1. The molecule has 0 fully saturated rings. The fourth-order valence-electron chi connectivity index (χ4n) is 1.97. The molecule has 1 aliphatic heterocycles. The lowest BCUT2D eigenvalue weighted by molar-refractivity contribution is 0.0609. The van der Waals surface area contributed by atoms with E-state index in [1.54, 1.807) is 4.90 Å². The second-order valence-corrected chi connectivity index (χ2v) is 5.55. The lowest BCUT2D eigenvalue weighted by atomic mass is 10.1. The molecule has 1 amide bonds. The maximum absolute atomic E-state index is 12.2. The summed E-state index contributed by atoms with van der Waals surface area (Å²) in [5.74, 6) is -0.769. The Morgan fingerprint density at radius 3 is 2.47 bits per heavy atom. The van der Waals surface area contributed by atoms with E-state index in [1.165, 1.54) is 6.07 Å². The highest BCUT2D eigenvalue weighted by atomic mass is 35.5. The molecular weight excluding hydrogens is 242 g/mol. The van der Waals surface area contributed by atoms with Crippen molar-refractivity contribution in [2.24, 2.45) is 0 Å². The normalized spacial score (nSPS) is 15.3. The van der Waals surface area contributed by atoms with Gasteiger partial charge in [0.05, 0.1) is 17.1 Å². The summed E-state index contributed by atoms with van der Waals surface area (Å²) in [6.07, 6.45) is 0. The summed E-state index contributed by atoms with van der Waals surface area (Å²) < 4.78 is 0. The maximum atomic E-state index is 12.2. The minimum absolute atomic E-state index is 0.173. The first kappa shape index (κ1) is 12.0. The van der Waals surface area contributed by atoms with Gasteiger partial charge < -0.3 is 15.1 Å². The molecular formula is C12H14ClNO3. The van der Waals surface area contributed by atoms with Crippen molar-refractivity contribution in [2.45, 2.75) is 32.9 Å². The number of phenols is 2. The Bertz CT molecular complexity index is 505. The molecule has 92 valence electrons. The van der Waals surface area contributed by atoms with Crippen molar-refractivity contribution in [2.75, 3.05) is 0 Å². The molecule has 4 nitrogen and oxygen atoms in total. The van der Waals surface area contributed by atoms with Crippen molar-refractivity contribution < 1.29 is 15.0 Å². The maximum Gasteiger partial charge on any atom is 0.256 e. The molecule has 0 saturated carbocycles. The standard InChI is InChI=1S/C12H14ClNO3/c1-12(2,3)14-5-6-9(11(14)17)7(13)4-8(15)10(6)16/h4,15-16H,5H2,1-3H3. The highest BCUT2D eigenvalue weighted by Gasteiger charge is 2.38. The predicted molar refractivity (Wildman–Crippen MR) is 64.4 cm³/mol. The number of phenolic OH excluding ortho intramolecular Hbond substituents is 2. The van der Waals surface area contributed by atoms with Gasteiger partial charge in [-0.2, -0.15) is 0 Å². The largest absolute Gasteiger partial charge is 0.504 e. The average molecular weight is 256 g/mol. The molecule has 0 unspecified atom stereocenters. The van der Waals surface area contributed by atoms with Crippen molar-refractivity contribution in [3.8, 4) is 11.5 Å². The van der Waals surface area contributed by atoms with Crippen LogP contribution in [0.25, 0.3) is 0 Å². The zero-order valence-corrected chi connectivity index (χ0v) is 10.7. The van der Waals surface area contributed by atoms with Crippen molar-refractivity contribution in [1.29, 1.82) is 0 Å². The number of halogens is 1. The van der Waals surface area contributed by atoms with Gasteiger partial charge in [0.1, 0.15) is 0 Å². The molecule has 2 rings (SSSR count). The zero-order chi connectivity index (χ0) is 13.0. The molecule has 1 aromatic carbocycles. The third-order valence-electron chi connectivity index (χ3n) is 2.92.